The smallest absolute Gasteiger partial charge is 0.317 e. The zero-order valence-electron chi connectivity index (χ0n) is 10.3. The second-order valence-electron chi connectivity index (χ2n) is 4.64. The number of carboxylic acid groups (broad SMARTS) is 1. The number of benzene rings is 1. The Balaban J connectivity index is 1.99. The van der Waals surface area contributed by atoms with Gasteiger partial charge in [0.2, 0.25) is 0 Å². The average molecular weight is 269 g/mol. The highest BCUT2D eigenvalue weighted by Crippen LogP contribution is 2.27. The fraction of sp³-hybridized carbons (Fsp3) is 0.462. The van der Waals surface area contributed by atoms with Gasteiger partial charge in [-0.1, -0.05) is 17.7 Å². The number of carbonyl (C=O) groups is 1. The van der Waals surface area contributed by atoms with Crippen molar-refractivity contribution in [1.29, 1.82) is 0 Å². The van der Waals surface area contributed by atoms with Crippen LogP contribution in [0.3, 0.4) is 0 Å². The van der Waals surface area contributed by atoms with Crippen LogP contribution >= 0.6 is 11.6 Å². The van der Waals surface area contributed by atoms with Crippen LogP contribution in [0.15, 0.2) is 18.2 Å². The minimum absolute atomic E-state index is 0.0209. The molecule has 1 saturated heterocycles. The van der Waals surface area contributed by atoms with E-state index in [-0.39, 0.29) is 12.6 Å². The molecule has 0 saturated carbocycles. The van der Waals surface area contributed by atoms with Crippen LogP contribution in [0, 0.1) is 6.92 Å². The number of rotatable bonds is 4. The maximum Gasteiger partial charge on any atom is 0.317 e. The number of halogens is 1. The van der Waals surface area contributed by atoms with Crippen molar-refractivity contribution in [2.45, 2.75) is 19.4 Å². The maximum absolute atomic E-state index is 10.5. The van der Waals surface area contributed by atoms with E-state index in [0.717, 1.165) is 30.2 Å². The van der Waals surface area contributed by atoms with E-state index in [1.807, 2.05) is 18.2 Å². The molecule has 1 aliphatic heterocycles. The summed E-state index contributed by atoms with van der Waals surface area (Å²) in [5, 5.41) is 12.4. The molecular weight excluding hydrogens is 252 g/mol. The molecule has 18 heavy (non-hydrogen) atoms. The van der Waals surface area contributed by atoms with Crippen molar-refractivity contribution in [3.8, 4) is 0 Å². The Hall–Kier alpha value is -1.26. The molecule has 1 heterocycles. The van der Waals surface area contributed by atoms with E-state index in [9.17, 15) is 4.79 Å². The molecule has 2 rings (SSSR count). The van der Waals surface area contributed by atoms with Crippen LogP contribution in [0.4, 0.5) is 5.69 Å². The summed E-state index contributed by atoms with van der Waals surface area (Å²) in [6.07, 6.45) is 0.958. The van der Waals surface area contributed by atoms with Gasteiger partial charge in [-0.15, -0.1) is 0 Å². The van der Waals surface area contributed by atoms with Crippen molar-refractivity contribution in [1.82, 2.24) is 5.32 Å². The summed E-state index contributed by atoms with van der Waals surface area (Å²) in [5.74, 6) is -0.813. The number of anilines is 1. The molecule has 1 aromatic carbocycles. The fourth-order valence-corrected chi connectivity index (χ4v) is 2.47. The first-order valence-electron chi connectivity index (χ1n) is 6.02. The number of hydrogen-bond donors (Lipinski definition) is 2. The molecule has 1 aromatic rings. The van der Waals surface area contributed by atoms with Crippen LogP contribution in [0.2, 0.25) is 5.02 Å². The second-order valence-corrected chi connectivity index (χ2v) is 5.07. The first-order valence-corrected chi connectivity index (χ1v) is 6.40. The van der Waals surface area contributed by atoms with Crippen LogP contribution in [0.5, 0.6) is 0 Å². The molecule has 0 aliphatic carbocycles. The Labute approximate surface area is 112 Å². The molecule has 98 valence electrons. The van der Waals surface area contributed by atoms with Gasteiger partial charge in [0, 0.05) is 29.8 Å². The summed E-state index contributed by atoms with van der Waals surface area (Å²) in [5.41, 5.74) is 2.33. The second kappa shape index (κ2) is 5.59. The first kappa shape index (κ1) is 13.2. The zero-order valence-corrected chi connectivity index (χ0v) is 11.1. The quantitative estimate of drug-likeness (QED) is 0.876. The summed E-state index contributed by atoms with van der Waals surface area (Å²) < 4.78 is 0. The van der Waals surface area contributed by atoms with Gasteiger partial charge in [0.1, 0.15) is 0 Å². The predicted octanol–water partition coefficient (Wildman–Crippen LogP) is 1.90. The third-order valence-electron chi connectivity index (χ3n) is 3.24. The van der Waals surface area contributed by atoms with Crippen LogP contribution < -0.4 is 10.2 Å². The summed E-state index contributed by atoms with van der Waals surface area (Å²) in [7, 11) is 0. The SMILES string of the molecule is Cc1ccc(Cl)cc1N1CCC(NCC(=O)O)C1. The van der Waals surface area contributed by atoms with Gasteiger partial charge in [0.05, 0.1) is 6.54 Å². The van der Waals surface area contributed by atoms with E-state index in [1.165, 1.54) is 5.56 Å². The van der Waals surface area contributed by atoms with Crippen molar-refractivity contribution in [3.63, 3.8) is 0 Å². The lowest BCUT2D eigenvalue weighted by atomic mass is 10.2. The van der Waals surface area contributed by atoms with E-state index in [1.54, 1.807) is 0 Å². The molecule has 1 aliphatic rings. The van der Waals surface area contributed by atoms with Crippen molar-refractivity contribution < 1.29 is 9.90 Å². The lowest BCUT2D eigenvalue weighted by Gasteiger charge is -2.21. The van der Waals surface area contributed by atoms with Crippen LogP contribution in [0.25, 0.3) is 0 Å². The van der Waals surface area contributed by atoms with Gasteiger partial charge in [-0.05, 0) is 31.0 Å². The molecule has 1 atom stereocenters. The van der Waals surface area contributed by atoms with Gasteiger partial charge >= 0.3 is 5.97 Å². The van der Waals surface area contributed by atoms with E-state index in [0.29, 0.717) is 0 Å². The zero-order chi connectivity index (χ0) is 13.1. The summed E-state index contributed by atoms with van der Waals surface area (Å²) >= 11 is 6.01. The summed E-state index contributed by atoms with van der Waals surface area (Å²) in [6, 6.07) is 6.10. The van der Waals surface area contributed by atoms with E-state index < -0.39 is 5.97 Å². The molecule has 5 heteroatoms. The van der Waals surface area contributed by atoms with Crippen molar-refractivity contribution in [2.24, 2.45) is 0 Å². The van der Waals surface area contributed by atoms with Crippen molar-refractivity contribution in [2.75, 3.05) is 24.5 Å². The Kier molecular flexibility index (Phi) is 4.09. The molecule has 2 N–H and O–H groups in total. The van der Waals surface area contributed by atoms with E-state index in [2.05, 4.69) is 17.1 Å². The molecule has 1 unspecified atom stereocenters. The number of nitrogens with one attached hydrogen (secondary N) is 1. The Bertz CT molecular complexity index is 451. The predicted molar refractivity (Wildman–Crippen MR) is 72.4 cm³/mol. The minimum Gasteiger partial charge on any atom is -0.480 e. The lowest BCUT2D eigenvalue weighted by molar-refractivity contribution is -0.136. The lowest BCUT2D eigenvalue weighted by Crippen LogP contribution is -2.36. The number of carboxylic acids is 1. The molecule has 0 aromatic heterocycles. The molecule has 0 bridgehead atoms. The third-order valence-corrected chi connectivity index (χ3v) is 3.48. The van der Waals surface area contributed by atoms with Crippen LogP contribution in [-0.4, -0.2) is 36.8 Å². The Morgan fingerprint density at radius 2 is 2.39 bits per heavy atom. The van der Waals surface area contributed by atoms with Crippen LogP contribution in [0.1, 0.15) is 12.0 Å². The van der Waals surface area contributed by atoms with Gasteiger partial charge in [0.15, 0.2) is 0 Å². The molecule has 1 fully saturated rings. The first-order chi connectivity index (χ1) is 8.56. The Morgan fingerprint density at radius 1 is 1.61 bits per heavy atom. The van der Waals surface area contributed by atoms with Gasteiger partial charge < -0.3 is 15.3 Å². The summed E-state index contributed by atoms with van der Waals surface area (Å²) in [6.45, 7) is 3.84. The highest BCUT2D eigenvalue weighted by Gasteiger charge is 2.23. The Morgan fingerprint density at radius 3 is 3.11 bits per heavy atom. The topological polar surface area (TPSA) is 52.6 Å². The van der Waals surface area contributed by atoms with Gasteiger partial charge in [-0.25, -0.2) is 0 Å². The monoisotopic (exact) mass is 268 g/mol. The van der Waals surface area contributed by atoms with E-state index >= 15 is 0 Å². The van der Waals surface area contributed by atoms with Gasteiger partial charge in [-0.2, -0.15) is 0 Å². The maximum atomic E-state index is 10.5. The number of aliphatic carboxylic acids is 1. The van der Waals surface area contributed by atoms with E-state index in [4.69, 9.17) is 16.7 Å². The molecule has 0 radical (unpaired) electrons. The highest BCUT2D eigenvalue weighted by molar-refractivity contribution is 6.30. The van der Waals surface area contributed by atoms with Gasteiger partial charge in [0.25, 0.3) is 0 Å². The third kappa shape index (κ3) is 3.15. The van der Waals surface area contributed by atoms with Crippen molar-refractivity contribution in [3.05, 3.63) is 28.8 Å². The standard InChI is InChI=1S/C13H17ClN2O2/c1-9-2-3-10(14)6-12(9)16-5-4-11(8-16)15-7-13(17)18/h2-3,6,11,15H,4-5,7-8H2,1H3,(H,17,18). The number of nitrogens with zero attached hydrogens (tertiary/aromatic N) is 1. The van der Waals surface area contributed by atoms with Crippen molar-refractivity contribution >= 4 is 23.3 Å². The van der Waals surface area contributed by atoms with Crippen LogP contribution in [-0.2, 0) is 4.79 Å². The number of aryl methyl sites for hydroxylation is 1. The minimum atomic E-state index is -0.813. The molecule has 4 nitrogen and oxygen atoms in total. The molecule has 0 spiro atoms. The largest absolute Gasteiger partial charge is 0.480 e. The summed E-state index contributed by atoms with van der Waals surface area (Å²) in [4.78, 5) is 12.8. The molecular formula is C13H17ClN2O2. The normalized spacial score (nSPS) is 19.2. The number of hydrogen-bond acceptors (Lipinski definition) is 3. The average Bonchev–Trinajstić information content (AvgIpc) is 2.78. The van der Waals surface area contributed by atoms with Gasteiger partial charge in [-0.3, -0.25) is 4.79 Å². The molecule has 0 amide bonds. The fourth-order valence-electron chi connectivity index (χ4n) is 2.30. The highest BCUT2D eigenvalue weighted by atomic mass is 35.5.